The van der Waals surface area contributed by atoms with Crippen LogP contribution < -0.4 is 0 Å². The number of furan rings is 2. The number of nitrogens with zero attached hydrogens (tertiary/aromatic N) is 5. The first-order chi connectivity index (χ1) is 35.6. The van der Waals surface area contributed by atoms with Gasteiger partial charge in [0.2, 0.25) is 0 Å². The zero-order chi connectivity index (χ0) is 47.5. The number of fused-ring (bicyclic) bond motifs is 7. The lowest BCUT2D eigenvalue weighted by molar-refractivity contribution is 0.669. The van der Waals surface area contributed by atoms with Gasteiger partial charge in [-0.2, -0.15) is 0 Å². The van der Waals surface area contributed by atoms with Crippen LogP contribution in [0.5, 0.6) is 0 Å². The van der Waals surface area contributed by atoms with E-state index in [4.69, 9.17) is 33.8 Å². The summed E-state index contributed by atoms with van der Waals surface area (Å²) in [5.74, 6) is 2.33. The highest BCUT2D eigenvalue weighted by Crippen LogP contribution is 2.38. The van der Waals surface area contributed by atoms with Crippen molar-refractivity contribution in [3.8, 4) is 90.3 Å². The van der Waals surface area contributed by atoms with Crippen molar-refractivity contribution in [2.75, 3.05) is 0 Å². The van der Waals surface area contributed by atoms with E-state index in [2.05, 4.69) is 176 Å². The molecule has 0 unspecified atom stereocenters. The molecule has 336 valence electrons. The molecule has 10 aromatic carbocycles. The van der Waals surface area contributed by atoms with Gasteiger partial charge in [-0.1, -0.05) is 170 Å². The highest BCUT2D eigenvalue weighted by atomic mass is 16.3. The second-order valence-corrected chi connectivity index (χ2v) is 18.1. The van der Waals surface area contributed by atoms with Crippen LogP contribution in [-0.4, -0.2) is 24.9 Å². The van der Waals surface area contributed by atoms with Crippen LogP contribution in [0.25, 0.3) is 145 Å². The Balaban J connectivity index is 0.861. The molecule has 0 bridgehead atoms. The third-order valence-electron chi connectivity index (χ3n) is 13.5. The monoisotopic (exact) mass is 921 g/mol. The molecule has 0 N–H and O–H groups in total. The molecule has 4 heterocycles. The Morgan fingerprint density at radius 2 is 0.611 bits per heavy atom. The number of aromatic nitrogens is 5. The molecule has 14 aromatic rings. The molecular weight excluding hydrogens is 883 g/mol. The summed E-state index contributed by atoms with van der Waals surface area (Å²) < 4.78 is 12.8. The van der Waals surface area contributed by atoms with Crippen molar-refractivity contribution in [2.45, 2.75) is 0 Å². The standard InChI is InChI=1S/C65H39N5O2/c1-3-14-40(15-4-1)42-20-12-24-49(33-42)63-68-64(70-65(69-63)51-29-31-53-52-26-9-10-27-58(52)71-60(53)38-51)50-25-13-22-44(34-50)43-21-11-23-47(32-43)56-39-57(67-62(66-56)41-16-5-2-6-17-41)48-28-30-54-55-35-45-18-7-8-19-46(45)36-61(55)72-59(54)37-48/h1-39H. The molecule has 0 saturated heterocycles. The molecule has 0 aliphatic rings. The lowest BCUT2D eigenvalue weighted by Crippen LogP contribution is -2.00. The quantitative estimate of drug-likeness (QED) is 0.150. The topological polar surface area (TPSA) is 90.7 Å². The average molecular weight is 922 g/mol. The molecule has 7 heteroatoms. The van der Waals surface area contributed by atoms with Crippen molar-refractivity contribution >= 4 is 54.6 Å². The zero-order valence-corrected chi connectivity index (χ0v) is 38.6. The van der Waals surface area contributed by atoms with E-state index in [0.717, 1.165) is 116 Å². The number of rotatable bonds is 8. The van der Waals surface area contributed by atoms with Crippen LogP contribution in [-0.2, 0) is 0 Å². The van der Waals surface area contributed by atoms with Gasteiger partial charge >= 0.3 is 0 Å². The number of benzene rings is 10. The van der Waals surface area contributed by atoms with E-state index in [1.165, 1.54) is 5.39 Å². The van der Waals surface area contributed by atoms with Crippen LogP contribution in [0.2, 0.25) is 0 Å². The summed E-state index contributed by atoms with van der Waals surface area (Å²) in [6.45, 7) is 0. The predicted molar refractivity (Wildman–Crippen MR) is 291 cm³/mol. The van der Waals surface area contributed by atoms with Gasteiger partial charge in [-0.3, -0.25) is 0 Å². The average Bonchev–Trinajstić information content (AvgIpc) is 4.01. The second-order valence-electron chi connectivity index (χ2n) is 18.1. The van der Waals surface area contributed by atoms with Gasteiger partial charge in [0.15, 0.2) is 23.3 Å². The molecule has 4 aromatic heterocycles. The minimum Gasteiger partial charge on any atom is -0.456 e. The van der Waals surface area contributed by atoms with Gasteiger partial charge in [0.1, 0.15) is 22.3 Å². The summed E-state index contributed by atoms with van der Waals surface area (Å²) in [7, 11) is 0. The highest BCUT2D eigenvalue weighted by molar-refractivity contribution is 6.11. The van der Waals surface area contributed by atoms with Crippen LogP contribution in [0.3, 0.4) is 0 Å². The lowest BCUT2D eigenvalue weighted by atomic mass is 9.98. The van der Waals surface area contributed by atoms with Crippen LogP contribution in [0, 0.1) is 0 Å². The van der Waals surface area contributed by atoms with E-state index < -0.39 is 0 Å². The van der Waals surface area contributed by atoms with Crippen molar-refractivity contribution in [1.82, 2.24) is 24.9 Å². The summed E-state index contributed by atoms with van der Waals surface area (Å²) >= 11 is 0. The van der Waals surface area contributed by atoms with Gasteiger partial charge in [0.05, 0.1) is 11.4 Å². The smallest absolute Gasteiger partial charge is 0.164 e. The molecule has 0 atom stereocenters. The molecule has 14 rings (SSSR count). The van der Waals surface area contributed by atoms with Gasteiger partial charge in [-0.25, -0.2) is 24.9 Å². The Hall–Kier alpha value is -9.85. The number of para-hydroxylation sites is 1. The summed E-state index contributed by atoms with van der Waals surface area (Å²) in [5.41, 5.74) is 14.5. The van der Waals surface area contributed by atoms with Gasteiger partial charge < -0.3 is 8.83 Å². The fourth-order valence-corrected chi connectivity index (χ4v) is 9.87. The molecule has 0 saturated carbocycles. The summed E-state index contributed by atoms with van der Waals surface area (Å²) in [6, 6.07) is 81.2. The maximum absolute atomic E-state index is 6.50. The third kappa shape index (κ3) is 7.44. The van der Waals surface area contributed by atoms with E-state index >= 15 is 0 Å². The molecule has 0 radical (unpaired) electrons. The van der Waals surface area contributed by atoms with Crippen LogP contribution in [0.15, 0.2) is 245 Å². The second kappa shape index (κ2) is 17.0. The van der Waals surface area contributed by atoms with Crippen LogP contribution in [0.1, 0.15) is 0 Å². The number of hydrogen-bond acceptors (Lipinski definition) is 7. The molecule has 72 heavy (non-hydrogen) atoms. The van der Waals surface area contributed by atoms with Gasteiger partial charge in [0.25, 0.3) is 0 Å². The fraction of sp³-hybridized carbons (Fsp3) is 0. The van der Waals surface area contributed by atoms with Gasteiger partial charge in [-0.05, 0) is 99.8 Å². The van der Waals surface area contributed by atoms with Gasteiger partial charge in [-0.15, -0.1) is 0 Å². The highest BCUT2D eigenvalue weighted by Gasteiger charge is 2.18. The summed E-state index contributed by atoms with van der Waals surface area (Å²) in [6.07, 6.45) is 0. The Bertz CT molecular complexity index is 4410. The first-order valence-electron chi connectivity index (χ1n) is 24.0. The van der Waals surface area contributed by atoms with E-state index in [0.29, 0.717) is 23.3 Å². The Morgan fingerprint density at radius 3 is 1.28 bits per heavy atom. The normalized spacial score (nSPS) is 11.6. The molecule has 0 aliphatic carbocycles. The van der Waals surface area contributed by atoms with Crippen molar-refractivity contribution in [1.29, 1.82) is 0 Å². The first kappa shape index (κ1) is 41.2. The van der Waals surface area contributed by atoms with Crippen molar-refractivity contribution < 1.29 is 8.83 Å². The minimum absolute atomic E-state index is 0.552. The molecule has 0 spiro atoms. The Morgan fingerprint density at radius 1 is 0.208 bits per heavy atom. The maximum Gasteiger partial charge on any atom is 0.164 e. The summed E-state index contributed by atoms with van der Waals surface area (Å²) in [5, 5.41) is 6.60. The van der Waals surface area contributed by atoms with E-state index in [1.54, 1.807) is 0 Å². The minimum atomic E-state index is 0.552. The molecule has 0 aliphatic heterocycles. The molecule has 7 nitrogen and oxygen atoms in total. The van der Waals surface area contributed by atoms with E-state index in [1.807, 2.05) is 60.7 Å². The largest absolute Gasteiger partial charge is 0.456 e. The predicted octanol–water partition coefficient (Wildman–Crippen LogP) is 16.9. The molecule has 0 amide bonds. The maximum atomic E-state index is 6.50. The fourth-order valence-electron chi connectivity index (χ4n) is 9.87. The van der Waals surface area contributed by atoms with E-state index in [9.17, 15) is 0 Å². The Labute approximate surface area is 413 Å². The summed E-state index contributed by atoms with van der Waals surface area (Å²) in [4.78, 5) is 25.8. The van der Waals surface area contributed by atoms with Crippen molar-refractivity contribution in [3.05, 3.63) is 237 Å². The molecule has 0 fully saturated rings. The van der Waals surface area contributed by atoms with Crippen LogP contribution in [0.4, 0.5) is 0 Å². The van der Waals surface area contributed by atoms with Crippen LogP contribution >= 0.6 is 0 Å². The first-order valence-corrected chi connectivity index (χ1v) is 24.0. The third-order valence-corrected chi connectivity index (χ3v) is 13.5. The zero-order valence-electron chi connectivity index (χ0n) is 38.6. The van der Waals surface area contributed by atoms with Crippen molar-refractivity contribution in [3.63, 3.8) is 0 Å². The van der Waals surface area contributed by atoms with E-state index in [-0.39, 0.29) is 0 Å². The Kier molecular flexibility index (Phi) is 9.70. The molecular formula is C65H39N5O2. The van der Waals surface area contributed by atoms with Crippen molar-refractivity contribution in [2.24, 2.45) is 0 Å². The SMILES string of the molecule is c1ccc(-c2cccc(-c3nc(-c4cccc(-c5cccc(-c6cc(-c7ccc8c(c7)oc7cc9ccccc9cc78)nc(-c7ccccc7)n6)c5)c4)nc(-c4ccc5c(c4)oc4ccccc45)n3)c2)cc1. The lowest BCUT2D eigenvalue weighted by Gasteiger charge is -2.12. The number of hydrogen-bond donors (Lipinski definition) is 0. The van der Waals surface area contributed by atoms with Gasteiger partial charge in [0, 0.05) is 54.9 Å².